The lowest BCUT2D eigenvalue weighted by Gasteiger charge is -2.26. The van der Waals surface area contributed by atoms with Gasteiger partial charge in [-0.05, 0) is 24.6 Å². The lowest BCUT2D eigenvalue weighted by atomic mass is 10.0. The largest absolute Gasteiger partial charge is 0.492 e. The van der Waals surface area contributed by atoms with E-state index in [2.05, 4.69) is 4.90 Å². The third-order valence-corrected chi connectivity index (χ3v) is 4.88. The summed E-state index contributed by atoms with van der Waals surface area (Å²) in [6.45, 7) is 6.73. The molecule has 5 nitrogen and oxygen atoms in total. The molecule has 1 aromatic heterocycles. The minimum atomic E-state index is -0.0141. The van der Waals surface area contributed by atoms with Crippen LogP contribution in [0.2, 0.25) is 0 Å². The standard InChI is InChI=1S/C22H23NO4/c1-16-21(17-5-3-2-4-6-17)22(24)19-8-7-18(15-20(19)27-16)26-14-11-23-9-12-25-13-10-23/h2-8,15H,9-14H2,1H3. The Morgan fingerprint density at radius 1 is 1.07 bits per heavy atom. The summed E-state index contributed by atoms with van der Waals surface area (Å²) in [5, 5.41) is 0.569. The zero-order valence-electron chi connectivity index (χ0n) is 15.4. The molecule has 0 unspecified atom stereocenters. The zero-order valence-corrected chi connectivity index (χ0v) is 15.4. The van der Waals surface area contributed by atoms with E-state index < -0.39 is 0 Å². The Balaban J connectivity index is 1.55. The average molecular weight is 365 g/mol. The fourth-order valence-electron chi connectivity index (χ4n) is 3.43. The second-order valence-electron chi connectivity index (χ2n) is 6.69. The van der Waals surface area contributed by atoms with E-state index in [-0.39, 0.29) is 5.43 Å². The van der Waals surface area contributed by atoms with E-state index in [1.165, 1.54) is 0 Å². The fourth-order valence-corrected chi connectivity index (χ4v) is 3.43. The van der Waals surface area contributed by atoms with Crippen LogP contribution in [-0.4, -0.2) is 44.4 Å². The van der Waals surface area contributed by atoms with Gasteiger partial charge in [-0.3, -0.25) is 9.69 Å². The second kappa shape index (κ2) is 7.94. The van der Waals surface area contributed by atoms with Gasteiger partial charge in [0.15, 0.2) is 0 Å². The molecule has 1 aliphatic heterocycles. The molecule has 0 radical (unpaired) electrons. The third-order valence-electron chi connectivity index (χ3n) is 4.88. The van der Waals surface area contributed by atoms with Crippen LogP contribution >= 0.6 is 0 Å². The van der Waals surface area contributed by atoms with Gasteiger partial charge in [-0.15, -0.1) is 0 Å². The Hall–Kier alpha value is -2.63. The van der Waals surface area contributed by atoms with Crippen molar-refractivity contribution in [2.45, 2.75) is 6.92 Å². The molecule has 140 valence electrons. The van der Waals surface area contributed by atoms with Crippen LogP contribution in [0.4, 0.5) is 0 Å². The number of morpholine rings is 1. The van der Waals surface area contributed by atoms with Crippen molar-refractivity contribution in [1.29, 1.82) is 0 Å². The number of nitrogens with zero attached hydrogens (tertiary/aromatic N) is 1. The molecule has 0 atom stereocenters. The van der Waals surface area contributed by atoms with Gasteiger partial charge in [0, 0.05) is 25.7 Å². The predicted molar refractivity (Wildman–Crippen MR) is 105 cm³/mol. The Kier molecular flexibility index (Phi) is 5.23. The van der Waals surface area contributed by atoms with E-state index in [9.17, 15) is 4.79 Å². The van der Waals surface area contributed by atoms with Gasteiger partial charge in [0.2, 0.25) is 5.43 Å². The highest BCUT2D eigenvalue weighted by atomic mass is 16.5. The van der Waals surface area contributed by atoms with Crippen molar-refractivity contribution in [3.8, 4) is 16.9 Å². The molecule has 2 aromatic carbocycles. The van der Waals surface area contributed by atoms with Crippen LogP contribution in [-0.2, 0) is 4.74 Å². The Morgan fingerprint density at radius 3 is 2.63 bits per heavy atom. The molecular weight excluding hydrogens is 342 g/mol. The number of hydrogen-bond acceptors (Lipinski definition) is 5. The summed E-state index contributed by atoms with van der Waals surface area (Å²) in [6.07, 6.45) is 0. The Bertz CT molecular complexity index is 975. The first-order valence-corrected chi connectivity index (χ1v) is 9.28. The molecule has 1 saturated heterocycles. The smallest absolute Gasteiger partial charge is 0.200 e. The molecule has 5 heteroatoms. The van der Waals surface area contributed by atoms with Crippen molar-refractivity contribution in [2.75, 3.05) is 39.5 Å². The molecule has 3 aromatic rings. The maximum Gasteiger partial charge on any atom is 0.200 e. The Morgan fingerprint density at radius 2 is 1.85 bits per heavy atom. The van der Waals surface area contributed by atoms with Gasteiger partial charge in [0.25, 0.3) is 0 Å². The summed E-state index contributed by atoms with van der Waals surface area (Å²) in [4.78, 5) is 15.3. The van der Waals surface area contributed by atoms with Crippen molar-refractivity contribution in [2.24, 2.45) is 0 Å². The molecule has 2 heterocycles. The first-order valence-electron chi connectivity index (χ1n) is 9.28. The number of hydrogen-bond donors (Lipinski definition) is 0. The second-order valence-corrected chi connectivity index (χ2v) is 6.69. The maximum atomic E-state index is 13.0. The van der Waals surface area contributed by atoms with E-state index >= 15 is 0 Å². The molecule has 0 aliphatic carbocycles. The summed E-state index contributed by atoms with van der Waals surface area (Å²) in [5.41, 5.74) is 2.03. The normalized spacial score (nSPS) is 15.1. The summed E-state index contributed by atoms with van der Waals surface area (Å²) < 4.78 is 17.2. The van der Waals surface area contributed by atoms with Crippen LogP contribution in [0.5, 0.6) is 5.75 Å². The lowest BCUT2D eigenvalue weighted by Crippen LogP contribution is -2.38. The molecule has 0 bridgehead atoms. The molecule has 0 saturated carbocycles. The van der Waals surface area contributed by atoms with E-state index in [1.807, 2.05) is 43.3 Å². The van der Waals surface area contributed by atoms with Gasteiger partial charge in [-0.25, -0.2) is 0 Å². The fraction of sp³-hybridized carbons (Fsp3) is 0.318. The first kappa shape index (κ1) is 17.8. The summed E-state index contributed by atoms with van der Waals surface area (Å²) in [5.74, 6) is 1.33. The molecule has 1 aliphatic rings. The Labute approximate surface area is 158 Å². The quantitative estimate of drug-likeness (QED) is 0.693. The van der Waals surface area contributed by atoms with Crippen molar-refractivity contribution in [3.05, 3.63) is 64.5 Å². The lowest BCUT2D eigenvalue weighted by molar-refractivity contribution is 0.0322. The average Bonchev–Trinajstić information content (AvgIpc) is 2.69. The highest BCUT2D eigenvalue weighted by Crippen LogP contribution is 2.26. The van der Waals surface area contributed by atoms with Crippen LogP contribution < -0.4 is 10.2 Å². The SMILES string of the molecule is Cc1oc2cc(OCCN3CCOCC3)ccc2c(=O)c1-c1ccccc1. The van der Waals surface area contributed by atoms with Gasteiger partial charge in [-0.1, -0.05) is 30.3 Å². The van der Waals surface area contributed by atoms with Crippen LogP contribution in [0.25, 0.3) is 22.1 Å². The maximum absolute atomic E-state index is 13.0. The molecule has 27 heavy (non-hydrogen) atoms. The predicted octanol–water partition coefficient (Wildman–Crippen LogP) is 3.48. The minimum Gasteiger partial charge on any atom is -0.492 e. The summed E-state index contributed by atoms with van der Waals surface area (Å²) in [7, 11) is 0. The number of aryl methyl sites for hydroxylation is 1. The van der Waals surface area contributed by atoms with Crippen LogP contribution in [0.15, 0.2) is 57.7 Å². The summed E-state index contributed by atoms with van der Waals surface area (Å²) >= 11 is 0. The number of benzene rings is 2. The minimum absolute atomic E-state index is 0.0141. The monoisotopic (exact) mass is 365 g/mol. The topological polar surface area (TPSA) is 51.9 Å². The van der Waals surface area contributed by atoms with Crippen molar-refractivity contribution >= 4 is 11.0 Å². The van der Waals surface area contributed by atoms with Gasteiger partial charge in [0.1, 0.15) is 23.7 Å². The molecule has 0 N–H and O–H groups in total. The molecule has 4 rings (SSSR count). The van der Waals surface area contributed by atoms with Gasteiger partial charge >= 0.3 is 0 Å². The van der Waals surface area contributed by atoms with Crippen LogP contribution in [0.3, 0.4) is 0 Å². The van der Waals surface area contributed by atoms with Gasteiger partial charge in [0.05, 0.1) is 24.2 Å². The van der Waals surface area contributed by atoms with Crippen LogP contribution in [0.1, 0.15) is 5.76 Å². The van der Waals surface area contributed by atoms with Crippen LogP contribution in [0, 0.1) is 6.92 Å². The summed E-state index contributed by atoms with van der Waals surface area (Å²) in [6, 6.07) is 15.1. The molecule has 0 amide bonds. The van der Waals surface area contributed by atoms with E-state index in [0.717, 1.165) is 38.4 Å². The van der Waals surface area contributed by atoms with Crippen molar-refractivity contribution in [3.63, 3.8) is 0 Å². The number of ether oxygens (including phenoxy) is 2. The molecular formula is C22H23NO4. The first-order chi connectivity index (χ1) is 13.2. The third kappa shape index (κ3) is 3.89. The molecule has 0 spiro atoms. The van der Waals surface area contributed by atoms with Crippen molar-refractivity contribution in [1.82, 2.24) is 4.90 Å². The van der Waals surface area contributed by atoms with Gasteiger partial charge < -0.3 is 13.9 Å². The number of rotatable bonds is 5. The number of fused-ring (bicyclic) bond motifs is 1. The van der Waals surface area contributed by atoms with Gasteiger partial charge in [-0.2, -0.15) is 0 Å². The van der Waals surface area contributed by atoms with E-state index in [4.69, 9.17) is 13.9 Å². The highest BCUT2D eigenvalue weighted by Gasteiger charge is 2.14. The van der Waals surface area contributed by atoms with E-state index in [1.54, 1.807) is 12.1 Å². The molecule has 1 fully saturated rings. The van der Waals surface area contributed by atoms with E-state index in [0.29, 0.717) is 34.6 Å². The zero-order chi connectivity index (χ0) is 18.6. The highest BCUT2D eigenvalue weighted by molar-refractivity contribution is 5.83. The van der Waals surface area contributed by atoms with Crippen molar-refractivity contribution < 1.29 is 13.9 Å².